The number of pyridine rings is 1. The zero-order chi connectivity index (χ0) is 16.3. The molecule has 122 valence electrons. The summed E-state index contributed by atoms with van der Waals surface area (Å²) in [5.41, 5.74) is 1.51. The zero-order valence-electron chi connectivity index (χ0n) is 13.7. The second-order valence-electron chi connectivity index (χ2n) is 6.17. The molecular weight excluding hydrogens is 292 g/mol. The third-order valence-electron chi connectivity index (χ3n) is 4.61. The number of ether oxygens (including phenoxy) is 2. The molecule has 0 unspecified atom stereocenters. The molecule has 3 rings (SSSR count). The van der Waals surface area contributed by atoms with E-state index >= 15 is 0 Å². The highest BCUT2D eigenvalue weighted by atomic mass is 16.5. The quantitative estimate of drug-likeness (QED) is 0.793. The Hall–Kier alpha value is -2.13. The molecule has 2 aromatic rings. The SMILES string of the molecule is Cc1nn(C)c2nccc(OCCCC3(C#N)CCOCC3)c12. The predicted molar refractivity (Wildman–Crippen MR) is 86.1 cm³/mol. The predicted octanol–water partition coefficient (Wildman–Crippen LogP) is 2.76. The first-order chi connectivity index (χ1) is 11.2. The second-order valence-corrected chi connectivity index (χ2v) is 6.17. The molecule has 0 N–H and O–H groups in total. The Balaban J connectivity index is 1.62. The Bertz CT molecular complexity index is 726. The average Bonchev–Trinajstić information content (AvgIpc) is 2.88. The second kappa shape index (κ2) is 6.55. The number of nitrogens with zero attached hydrogens (tertiary/aromatic N) is 4. The summed E-state index contributed by atoms with van der Waals surface area (Å²) in [6.07, 6.45) is 5.10. The monoisotopic (exact) mass is 314 g/mol. The summed E-state index contributed by atoms with van der Waals surface area (Å²) in [6.45, 7) is 3.93. The minimum absolute atomic E-state index is 0.237. The maximum Gasteiger partial charge on any atom is 0.161 e. The molecular formula is C17H22N4O2. The van der Waals surface area contributed by atoms with Crippen molar-refractivity contribution in [2.45, 2.75) is 32.6 Å². The summed E-state index contributed by atoms with van der Waals surface area (Å²) in [7, 11) is 1.88. The Kier molecular flexibility index (Phi) is 4.49. The van der Waals surface area contributed by atoms with Gasteiger partial charge in [0.05, 0.1) is 29.2 Å². The normalized spacial score (nSPS) is 17.1. The van der Waals surface area contributed by atoms with Crippen LogP contribution in [0.1, 0.15) is 31.4 Å². The molecule has 0 spiro atoms. The Morgan fingerprint density at radius 1 is 1.43 bits per heavy atom. The van der Waals surface area contributed by atoms with Crippen molar-refractivity contribution in [1.82, 2.24) is 14.8 Å². The fraction of sp³-hybridized carbons (Fsp3) is 0.588. The van der Waals surface area contributed by atoms with Crippen LogP contribution in [0, 0.1) is 23.7 Å². The van der Waals surface area contributed by atoms with Crippen molar-refractivity contribution in [2.75, 3.05) is 19.8 Å². The molecule has 1 aliphatic heterocycles. The topological polar surface area (TPSA) is 73.0 Å². The van der Waals surface area contributed by atoms with Gasteiger partial charge in [-0.15, -0.1) is 0 Å². The summed E-state index contributed by atoms with van der Waals surface area (Å²) in [5, 5.41) is 14.8. The highest BCUT2D eigenvalue weighted by molar-refractivity contribution is 5.84. The van der Waals surface area contributed by atoms with Gasteiger partial charge in [0, 0.05) is 26.5 Å². The van der Waals surface area contributed by atoms with E-state index < -0.39 is 0 Å². The molecule has 23 heavy (non-hydrogen) atoms. The van der Waals surface area contributed by atoms with Gasteiger partial charge in [-0.3, -0.25) is 4.68 Å². The first-order valence-corrected chi connectivity index (χ1v) is 8.05. The largest absolute Gasteiger partial charge is 0.493 e. The van der Waals surface area contributed by atoms with E-state index in [1.54, 1.807) is 10.9 Å². The fourth-order valence-electron chi connectivity index (χ4n) is 3.23. The summed E-state index contributed by atoms with van der Waals surface area (Å²) >= 11 is 0. The third kappa shape index (κ3) is 3.15. The molecule has 0 amide bonds. The summed E-state index contributed by atoms with van der Waals surface area (Å²) in [5.74, 6) is 0.818. The van der Waals surface area contributed by atoms with Crippen LogP contribution in [0.5, 0.6) is 5.75 Å². The molecule has 1 saturated heterocycles. The first-order valence-electron chi connectivity index (χ1n) is 8.05. The van der Waals surface area contributed by atoms with Crippen LogP contribution in [-0.2, 0) is 11.8 Å². The average molecular weight is 314 g/mol. The van der Waals surface area contributed by atoms with E-state index in [9.17, 15) is 5.26 Å². The number of hydrogen-bond acceptors (Lipinski definition) is 5. The molecule has 0 radical (unpaired) electrons. The zero-order valence-corrected chi connectivity index (χ0v) is 13.7. The lowest BCUT2D eigenvalue weighted by atomic mass is 9.78. The highest BCUT2D eigenvalue weighted by Crippen LogP contribution is 2.34. The lowest BCUT2D eigenvalue weighted by Crippen LogP contribution is -2.28. The molecule has 0 aliphatic carbocycles. The number of hydrogen-bond donors (Lipinski definition) is 0. The van der Waals surface area contributed by atoms with Crippen molar-refractivity contribution in [1.29, 1.82) is 5.26 Å². The van der Waals surface area contributed by atoms with Gasteiger partial charge >= 0.3 is 0 Å². The van der Waals surface area contributed by atoms with E-state index in [1.807, 2.05) is 20.0 Å². The van der Waals surface area contributed by atoms with Crippen molar-refractivity contribution in [2.24, 2.45) is 12.5 Å². The molecule has 0 atom stereocenters. The van der Waals surface area contributed by atoms with Crippen molar-refractivity contribution in [3.05, 3.63) is 18.0 Å². The van der Waals surface area contributed by atoms with Crippen molar-refractivity contribution >= 4 is 11.0 Å². The summed E-state index contributed by atoms with van der Waals surface area (Å²) in [6, 6.07) is 4.38. The minimum atomic E-state index is -0.237. The van der Waals surface area contributed by atoms with Crippen LogP contribution in [0.4, 0.5) is 0 Å². The number of aryl methyl sites for hydroxylation is 2. The van der Waals surface area contributed by atoms with Crippen LogP contribution in [0.25, 0.3) is 11.0 Å². The molecule has 6 heteroatoms. The Labute approximate surface area is 136 Å². The van der Waals surface area contributed by atoms with Crippen LogP contribution in [0.3, 0.4) is 0 Å². The number of fused-ring (bicyclic) bond motifs is 1. The van der Waals surface area contributed by atoms with Gasteiger partial charge in [-0.25, -0.2) is 4.98 Å². The van der Waals surface area contributed by atoms with Crippen molar-refractivity contribution in [3.8, 4) is 11.8 Å². The van der Waals surface area contributed by atoms with E-state index in [-0.39, 0.29) is 5.41 Å². The lowest BCUT2D eigenvalue weighted by molar-refractivity contribution is 0.0346. The van der Waals surface area contributed by atoms with Gasteiger partial charge in [-0.05, 0) is 38.7 Å². The van der Waals surface area contributed by atoms with Crippen LogP contribution in [0.15, 0.2) is 12.3 Å². The van der Waals surface area contributed by atoms with Crippen molar-refractivity contribution in [3.63, 3.8) is 0 Å². The van der Waals surface area contributed by atoms with E-state index in [0.717, 1.165) is 48.2 Å². The van der Waals surface area contributed by atoms with Gasteiger partial charge in [0.25, 0.3) is 0 Å². The van der Waals surface area contributed by atoms with Crippen LogP contribution < -0.4 is 4.74 Å². The van der Waals surface area contributed by atoms with Crippen LogP contribution >= 0.6 is 0 Å². The number of rotatable bonds is 5. The maximum absolute atomic E-state index is 9.47. The smallest absolute Gasteiger partial charge is 0.161 e. The van der Waals surface area contributed by atoms with E-state index in [1.165, 1.54) is 0 Å². The first kappa shape index (κ1) is 15.8. The highest BCUT2D eigenvalue weighted by Gasteiger charge is 2.32. The van der Waals surface area contributed by atoms with Gasteiger partial charge in [0.2, 0.25) is 0 Å². The Morgan fingerprint density at radius 3 is 2.96 bits per heavy atom. The molecule has 0 saturated carbocycles. The lowest BCUT2D eigenvalue weighted by Gasteiger charge is -2.30. The minimum Gasteiger partial charge on any atom is -0.493 e. The maximum atomic E-state index is 9.47. The molecule has 2 aromatic heterocycles. The summed E-state index contributed by atoms with van der Waals surface area (Å²) in [4.78, 5) is 4.35. The van der Waals surface area contributed by atoms with Gasteiger partial charge in [-0.1, -0.05) is 0 Å². The fourth-order valence-corrected chi connectivity index (χ4v) is 3.23. The van der Waals surface area contributed by atoms with E-state index in [0.29, 0.717) is 19.8 Å². The van der Waals surface area contributed by atoms with Gasteiger partial charge in [0.1, 0.15) is 5.75 Å². The van der Waals surface area contributed by atoms with Gasteiger partial charge < -0.3 is 9.47 Å². The molecule has 6 nitrogen and oxygen atoms in total. The third-order valence-corrected chi connectivity index (χ3v) is 4.61. The Morgan fingerprint density at radius 2 is 2.22 bits per heavy atom. The molecule has 0 aromatic carbocycles. The van der Waals surface area contributed by atoms with Crippen LogP contribution in [-0.4, -0.2) is 34.6 Å². The van der Waals surface area contributed by atoms with E-state index in [4.69, 9.17) is 9.47 Å². The van der Waals surface area contributed by atoms with Gasteiger partial charge in [-0.2, -0.15) is 10.4 Å². The number of nitriles is 1. The van der Waals surface area contributed by atoms with E-state index in [2.05, 4.69) is 16.2 Å². The molecule has 1 fully saturated rings. The standard InChI is InChI=1S/C17H22N4O2/c1-13-15-14(4-8-19-16(15)21(2)20-13)23-9-3-5-17(12-18)6-10-22-11-7-17/h4,8H,3,5-7,9-11H2,1-2H3. The van der Waals surface area contributed by atoms with Gasteiger partial charge in [0.15, 0.2) is 5.65 Å². The van der Waals surface area contributed by atoms with Crippen LogP contribution in [0.2, 0.25) is 0 Å². The molecule has 0 bridgehead atoms. The number of aromatic nitrogens is 3. The molecule has 1 aliphatic rings. The summed E-state index contributed by atoms with van der Waals surface area (Å²) < 4.78 is 13.1. The molecule has 3 heterocycles. The van der Waals surface area contributed by atoms with Crippen molar-refractivity contribution < 1.29 is 9.47 Å².